The number of anilines is 2. The molecule has 26 heavy (non-hydrogen) atoms. The molecule has 11 nitrogen and oxygen atoms in total. The third-order valence-electron chi connectivity index (χ3n) is 3.07. The second kappa shape index (κ2) is 6.51. The normalized spacial score (nSPS) is 11.2. The Kier molecular flexibility index (Phi) is 4.75. The van der Waals surface area contributed by atoms with Gasteiger partial charge < -0.3 is 5.32 Å². The number of nitro benzene ring substituents is 2. The maximum Gasteiger partial charge on any atom is 0.416 e. The quantitative estimate of drug-likeness (QED) is 0.591. The van der Waals surface area contributed by atoms with Crippen molar-refractivity contribution in [1.29, 1.82) is 0 Å². The Morgan fingerprint density at radius 3 is 1.92 bits per heavy atom. The van der Waals surface area contributed by atoms with E-state index in [0.717, 1.165) is 0 Å². The zero-order chi connectivity index (χ0) is 19.8. The fourth-order valence-corrected chi connectivity index (χ4v) is 2.74. The molecule has 0 aliphatic heterocycles. The van der Waals surface area contributed by atoms with Gasteiger partial charge in [0.2, 0.25) is 0 Å². The van der Waals surface area contributed by atoms with Crippen molar-refractivity contribution in [3.05, 3.63) is 53.7 Å². The average molecular weight is 393 g/mol. The second-order valence-electron chi connectivity index (χ2n) is 4.73. The Labute approximate surface area is 144 Å². The van der Waals surface area contributed by atoms with Gasteiger partial charge in [-0.05, 0) is 18.5 Å². The van der Waals surface area contributed by atoms with Crippen molar-refractivity contribution in [3.8, 4) is 0 Å². The minimum atomic E-state index is -5.07. The number of halogens is 3. The third-order valence-corrected chi connectivity index (χ3v) is 3.91. The van der Waals surface area contributed by atoms with Gasteiger partial charge in [0.25, 0.3) is 11.4 Å². The molecule has 0 aliphatic carbocycles. The fraction of sp³-hybridized carbons (Fsp3) is 0.182. The van der Waals surface area contributed by atoms with E-state index in [2.05, 4.69) is 9.69 Å². The standard InChI is InChI=1S/C11H6F3N5O6S/c1-4-9(19(24)25)10(26-16-4)15-8-6(17(20)21)2-5(11(12,13)14)3-7(8)18(22)23/h2-3,15H,1H3. The molecule has 2 rings (SSSR count). The summed E-state index contributed by atoms with van der Waals surface area (Å²) < 4.78 is 42.2. The summed E-state index contributed by atoms with van der Waals surface area (Å²) in [5.41, 5.74) is -5.70. The fourth-order valence-electron chi connectivity index (χ4n) is 1.97. The van der Waals surface area contributed by atoms with Gasteiger partial charge in [-0.2, -0.15) is 17.5 Å². The largest absolute Gasteiger partial charge is 0.416 e. The maximum absolute atomic E-state index is 12.8. The number of aryl methyl sites for hydroxylation is 1. The summed E-state index contributed by atoms with van der Waals surface area (Å²) >= 11 is 0.480. The number of rotatable bonds is 5. The van der Waals surface area contributed by atoms with Crippen molar-refractivity contribution in [2.45, 2.75) is 13.1 Å². The second-order valence-corrected chi connectivity index (χ2v) is 5.50. The molecule has 1 aromatic heterocycles. The maximum atomic E-state index is 12.8. The summed E-state index contributed by atoms with van der Waals surface area (Å²) in [5, 5.41) is 35.0. The van der Waals surface area contributed by atoms with Gasteiger partial charge in [-0.1, -0.05) is 0 Å². The first kappa shape index (κ1) is 19.0. The first-order valence-electron chi connectivity index (χ1n) is 6.35. The SMILES string of the molecule is Cc1nsc(Nc2c([N+](=O)[O-])cc(C(F)(F)F)cc2[N+](=O)[O-])c1[N+](=O)[O-]. The molecule has 0 atom stereocenters. The van der Waals surface area contributed by atoms with Crippen LogP contribution in [0.5, 0.6) is 0 Å². The van der Waals surface area contributed by atoms with Crippen molar-refractivity contribution in [2.75, 3.05) is 5.32 Å². The highest BCUT2D eigenvalue weighted by Crippen LogP contribution is 2.44. The Bertz CT molecular complexity index is 893. The molecule has 15 heteroatoms. The van der Waals surface area contributed by atoms with Crippen LogP contribution in [-0.4, -0.2) is 19.1 Å². The molecule has 0 saturated carbocycles. The topological polar surface area (TPSA) is 154 Å². The zero-order valence-corrected chi connectivity index (χ0v) is 13.3. The number of aromatic nitrogens is 1. The van der Waals surface area contributed by atoms with Crippen molar-refractivity contribution in [2.24, 2.45) is 0 Å². The lowest BCUT2D eigenvalue weighted by Crippen LogP contribution is -2.09. The Morgan fingerprint density at radius 1 is 1.04 bits per heavy atom. The van der Waals surface area contributed by atoms with E-state index in [0.29, 0.717) is 11.5 Å². The highest BCUT2D eigenvalue weighted by molar-refractivity contribution is 7.11. The van der Waals surface area contributed by atoms with Crippen LogP contribution < -0.4 is 5.32 Å². The molecule has 0 bridgehead atoms. The summed E-state index contributed by atoms with van der Waals surface area (Å²) in [6.07, 6.45) is -5.07. The summed E-state index contributed by atoms with van der Waals surface area (Å²) in [6, 6.07) is 0.212. The van der Waals surface area contributed by atoms with Gasteiger partial charge in [-0.15, -0.1) is 0 Å². The van der Waals surface area contributed by atoms with E-state index in [1.165, 1.54) is 6.92 Å². The van der Waals surface area contributed by atoms with E-state index in [4.69, 9.17) is 0 Å². The molecule has 0 saturated heterocycles. The average Bonchev–Trinajstić information content (AvgIpc) is 2.86. The van der Waals surface area contributed by atoms with E-state index in [1.54, 1.807) is 0 Å². The molecule has 2 aromatic rings. The summed E-state index contributed by atoms with van der Waals surface area (Å²) in [7, 11) is 0. The predicted octanol–water partition coefficient (Wildman–Crippen LogP) is 3.94. The Morgan fingerprint density at radius 2 is 1.54 bits per heavy atom. The van der Waals surface area contributed by atoms with Crippen LogP contribution in [0.15, 0.2) is 12.1 Å². The van der Waals surface area contributed by atoms with Crippen molar-refractivity contribution < 1.29 is 27.9 Å². The molecule has 0 amide bonds. The number of nitrogens with one attached hydrogen (secondary N) is 1. The zero-order valence-electron chi connectivity index (χ0n) is 12.4. The third kappa shape index (κ3) is 3.51. The lowest BCUT2D eigenvalue weighted by atomic mass is 10.1. The minimum Gasteiger partial charge on any atom is -0.329 e. The molecule has 0 fully saturated rings. The van der Waals surface area contributed by atoms with Gasteiger partial charge in [0.1, 0.15) is 5.69 Å². The lowest BCUT2D eigenvalue weighted by molar-refractivity contribution is -0.392. The first-order chi connectivity index (χ1) is 11.9. The van der Waals surface area contributed by atoms with Crippen LogP contribution in [0.4, 0.5) is 40.9 Å². The van der Waals surface area contributed by atoms with Crippen LogP contribution in [0.25, 0.3) is 0 Å². The highest BCUT2D eigenvalue weighted by Gasteiger charge is 2.38. The predicted molar refractivity (Wildman–Crippen MR) is 81.5 cm³/mol. The van der Waals surface area contributed by atoms with E-state index in [1.807, 2.05) is 0 Å². The molecule has 0 aliphatic rings. The molecule has 0 unspecified atom stereocenters. The highest BCUT2D eigenvalue weighted by atomic mass is 32.1. The summed E-state index contributed by atoms with van der Waals surface area (Å²) in [4.78, 5) is 29.9. The van der Waals surface area contributed by atoms with Gasteiger partial charge in [-0.25, -0.2) is 0 Å². The smallest absolute Gasteiger partial charge is 0.329 e. The van der Waals surface area contributed by atoms with E-state index in [-0.39, 0.29) is 17.8 Å². The summed E-state index contributed by atoms with van der Waals surface area (Å²) in [6.45, 7) is 1.26. The lowest BCUT2D eigenvalue weighted by Gasteiger charge is -2.10. The van der Waals surface area contributed by atoms with E-state index < -0.39 is 54.3 Å². The monoisotopic (exact) mass is 393 g/mol. The van der Waals surface area contributed by atoms with Crippen LogP contribution in [-0.2, 0) is 6.18 Å². The molecule has 1 aromatic carbocycles. The van der Waals surface area contributed by atoms with Crippen LogP contribution in [0.2, 0.25) is 0 Å². The summed E-state index contributed by atoms with van der Waals surface area (Å²) in [5.74, 6) is 0. The number of alkyl halides is 3. The molecule has 1 N–H and O–H groups in total. The van der Waals surface area contributed by atoms with Crippen molar-refractivity contribution in [1.82, 2.24) is 4.37 Å². The van der Waals surface area contributed by atoms with Crippen LogP contribution >= 0.6 is 11.5 Å². The number of hydrogen-bond donors (Lipinski definition) is 1. The molecule has 0 radical (unpaired) electrons. The van der Waals surface area contributed by atoms with Crippen molar-refractivity contribution in [3.63, 3.8) is 0 Å². The number of benzene rings is 1. The number of nitrogens with zero attached hydrogens (tertiary/aromatic N) is 4. The van der Waals surface area contributed by atoms with Crippen LogP contribution in [0, 0.1) is 37.3 Å². The molecule has 1 heterocycles. The van der Waals surface area contributed by atoms with Gasteiger partial charge in [0.05, 0.1) is 20.3 Å². The number of hydrogen-bond acceptors (Lipinski definition) is 9. The Hall–Kier alpha value is -3.36. The molecule has 138 valence electrons. The van der Waals surface area contributed by atoms with Gasteiger partial charge in [0.15, 0.2) is 10.7 Å². The number of nitro groups is 3. The van der Waals surface area contributed by atoms with Crippen molar-refractivity contribution >= 4 is 39.3 Å². The van der Waals surface area contributed by atoms with E-state index >= 15 is 0 Å². The molecular formula is C11H6F3N5O6S. The Balaban J connectivity index is 2.73. The minimum absolute atomic E-state index is 0.0697. The van der Waals surface area contributed by atoms with Crippen LogP contribution in [0.3, 0.4) is 0 Å². The van der Waals surface area contributed by atoms with Gasteiger partial charge in [-0.3, -0.25) is 30.3 Å². The first-order valence-corrected chi connectivity index (χ1v) is 7.12. The van der Waals surface area contributed by atoms with E-state index in [9.17, 15) is 43.5 Å². The molecule has 0 spiro atoms. The van der Waals surface area contributed by atoms with Gasteiger partial charge >= 0.3 is 11.9 Å². The van der Waals surface area contributed by atoms with Gasteiger partial charge in [0, 0.05) is 12.1 Å². The molecular weight excluding hydrogens is 387 g/mol. The van der Waals surface area contributed by atoms with Crippen LogP contribution in [0.1, 0.15) is 11.3 Å².